The monoisotopic (exact) mass is 498 g/mol. The minimum absolute atomic E-state index is 0.130. The van der Waals surface area contributed by atoms with E-state index in [-0.39, 0.29) is 30.9 Å². The lowest BCUT2D eigenvalue weighted by Gasteiger charge is -2.36. The Labute approximate surface area is 212 Å². The average Bonchev–Trinajstić information content (AvgIpc) is 3.29. The lowest BCUT2D eigenvalue weighted by atomic mass is 9.99. The van der Waals surface area contributed by atoms with Crippen LogP contribution < -0.4 is 0 Å². The highest BCUT2D eigenvalue weighted by molar-refractivity contribution is 5.69. The molecule has 0 spiro atoms. The summed E-state index contributed by atoms with van der Waals surface area (Å²) in [7, 11) is 0. The van der Waals surface area contributed by atoms with Crippen LogP contribution in [0.1, 0.15) is 125 Å². The molecule has 35 heavy (non-hydrogen) atoms. The first kappa shape index (κ1) is 28.8. The number of carbonyl (C=O) groups is 1. The zero-order chi connectivity index (χ0) is 25.3. The predicted octanol–water partition coefficient (Wildman–Crippen LogP) is 6.41. The zero-order valence-corrected chi connectivity index (χ0v) is 22.9. The van der Waals surface area contributed by atoms with Gasteiger partial charge in [0.1, 0.15) is 31.0 Å². The molecule has 3 aliphatic heterocycles. The molecule has 0 aromatic rings. The van der Waals surface area contributed by atoms with Crippen molar-refractivity contribution in [2.45, 2.75) is 167 Å². The Kier molecular flexibility index (Phi) is 11.3. The van der Waals surface area contributed by atoms with Crippen molar-refractivity contribution < 1.29 is 33.2 Å². The Hall–Kier alpha value is -0.730. The largest absolute Gasteiger partial charge is 0.463 e. The maximum atomic E-state index is 12.3. The van der Waals surface area contributed by atoms with Crippen LogP contribution in [0.15, 0.2) is 0 Å². The Morgan fingerprint density at radius 3 is 1.74 bits per heavy atom. The van der Waals surface area contributed by atoms with Gasteiger partial charge in [0, 0.05) is 6.42 Å². The van der Waals surface area contributed by atoms with Crippen LogP contribution in [-0.2, 0) is 33.2 Å². The van der Waals surface area contributed by atoms with Crippen LogP contribution in [0.25, 0.3) is 0 Å². The van der Waals surface area contributed by atoms with Gasteiger partial charge >= 0.3 is 5.97 Å². The molecule has 0 amide bonds. The van der Waals surface area contributed by atoms with Crippen molar-refractivity contribution in [3.05, 3.63) is 0 Å². The highest BCUT2D eigenvalue weighted by atomic mass is 16.9. The zero-order valence-electron chi connectivity index (χ0n) is 22.9. The number of hydrogen-bond acceptors (Lipinski definition) is 7. The van der Waals surface area contributed by atoms with E-state index < -0.39 is 24.0 Å². The summed E-state index contributed by atoms with van der Waals surface area (Å²) in [5, 5.41) is 0. The second kappa shape index (κ2) is 13.7. The lowest BCUT2D eigenvalue weighted by molar-refractivity contribution is -0.242. The fraction of sp³-hybridized carbons (Fsp3) is 0.964. The number of fused-ring (bicyclic) bond motifs is 3. The molecule has 0 N–H and O–H groups in total. The van der Waals surface area contributed by atoms with Crippen LogP contribution in [0.2, 0.25) is 0 Å². The van der Waals surface area contributed by atoms with Crippen molar-refractivity contribution >= 4 is 5.97 Å². The van der Waals surface area contributed by atoms with Crippen LogP contribution in [0.3, 0.4) is 0 Å². The number of carbonyl (C=O) groups excluding carboxylic acids is 1. The minimum atomic E-state index is -0.754. The topological polar surface area (TPSA) is 72.5 Å². The highest BCUT2D eigenvalue weighted by Gasteiger charge is 2.60. The molecule has 7 heteroatoms. The van der Waals surface area contributed by atoms with E-state index in [9.17, 15) is 4.79 Å². The minimum Gasteiger partial charge on any atom is -0.463 e. The molecular formula is C28H50O7. The highest BCUT2D eigenvalue weighted by Crippen LogP contribution is 2.44. The van der Waals surface area contributed by atoms with Crippen LogP contribution in [0.5, 0.6) is 0 Å². The average molecular weight is 499 g/mol. The Morgan fingerprint density at radius 2 is 1.14 bits per heavy atom. The van der Waals surface area contributed by atoms with Gasteiger partial charge in [0.25, 0.3) is 0 Å². The molecule has 0 aliphatic carbocycles. The summed E-state index contributed by atoms with van der Waals surface area (Å²) < 4.78 is 35.8. The quantitative estimate of drug-likeness (QED) is 0.180. The first-order valence-electron chi connectivity index (χ1n) is 14.2. The molecule has 0 unspecified atom stereocenters. The van der Waals surface area contributed by atoms with Gasteiger partial charge in [0.15, 0.2) is 17.9 Å². The van der Waals surface area contributed by atoms with Gasteiger partial charge in [-0.25, -0.2) is 0 Å². The number of ether oxygens (including phenoxy) is 6. The van der Waals surface area contributed by atoms with E-state index in [0.717, 1.165) is 12.8 Å². The first-order chi connectivity index (χ1) is 16.7. The molecule has 0 aromatic heterocycles. The maximum absolute atomic E-state index is 12.3. The summed E-state index contributed by atoms with van der Waals surface area (Å²) in [5.74, 6) is -1.69. The van der Waals surface area contributed by atoms with Gasteiger partial charge < -0.3 is 28.4 Å². The number of esters is 1. The Balaban J connectivity index is 1.25. The molecule has 3 aliphatic rings. The smallest absolute Gasteiger partial charge is 0.305 e. The van der Waals surface area contributed by atoms with Gasteiger partial charge in [-0.3, -0.25) is 4.79 Å². The van der Waals surface area contributed by atoms with Gasteiger partial charge in [0.2, 0.25) is 0 Å². The molecule has 0 aromatic carbocycles. The Bertz CT molecular complexity index is 635. The second-order valence-electron chi connectivity index (χ2n) is 11.4. The van der Waals surface area contributed by atoms with Gasteiger partial charge in [-0.2, -0.15) is 0 Å². The van der Waals surface area contributed by atoms with E-state index in [1.54, 1.807) is 0 Å². The molecule has 0 bridgehead atoms. The summed E-state index contributed by atoms with van der Waals surface area (Å²) in [6.45, 7) is 9.86. The number of unbranched alkanes of at least 4 members (excludes halogenated alkanes) is 12. The van der Waals surface area contributed by atoms with Crippen molar-refractivity contribution in [2.75, 3.05) is 6.61 Å². The third-order valence-corrected chi connectivity index (χ3v) is 7.14. The number of hydrogen-bond donors (Lipinski definition) is 0. The van der Waals surface area contributed by atoms with Gasteiger partial charge in [-0.1, -0.05) is 84.0 Å². The van der Waals surface area contributed by atoms with Crippen LogP contribution in [0, 0.1) is 0 Å². The standard InChI is InChI=1S/C28H50O7/c1-6-7-8-9-10-11-12-13-14-15-16-17-18-19-22(29)30-20-21-23-24(33-27(2,3)32-23)25-26(31-21)35-28(4,5)34-25/h21,23-26H,6-20H2,1-5H3/t21-,23-,24+,25-,26-/m1/s1. The molecule has 0 saturated carbocycles. The van der Waals surface area contributed by atoms with Crippen LogP contribution in [-0.4, -0.2) is 54.9 Å². The van der Waals surface area contributed by atoms with E-state index in [2.05, 4.69) is 6.92 Å². The van der Waals surface area contributed by atoms with E-state index in [1.165, 1.54) is 70.6 Å². The van der Waals surface area contributed by atoms with Gasteiger partial charge in [0.05, 0.1) is 0 Å². The van der Waals surface area contributed by atoms with E-state index in [1.807, 2.05) is 27.7 Å². The fourth-order valence-corrected chi connectivity index (χ4v) is 5.36. The molecule has 3 heterocycles. The Morgan fingerprint density at radius 1 is 0.657 bits per heavy atom. The molecule has 7 nitrogen and oxygen atoms in total. The summed E-state index contributed by atoms with van der Waals surface area (Å²) in [5.41, 5.74) is 0. The summed E-state index contributed by atoms with van der Waals surface area (Å²) in [6, 6.07) is 0. The van der Waals surface area contributed by atoms with Crippen molar-refractivity contribution in [1.29, 1.82) is 0 Å². The van der Waals surface area contributed by atoms with Gasteiger partial charge in [-0.05, 0) is 34.1 Å². The maximum Gasteiger partial charge on any atom is 0.305 e. The van der Waals surface area contributed by atoms with Crippen LogP contribution >= 0.6 is 0 Å². The molecule has 5 atom stereocenters. The van der Waals surface area contributed by atoms with Crippen molar-refractivity contribution in [2.24, 2.45) is 0 Å². The SMILES string of the molecule is CCCCCCCCCCCCCCCC(=O)OC[C@H]1O[C@@H]2OC(C)(C)O[C@@H]2[C@H]2OC(C)(C)O[C@@H]21. The molecule has 3 saturated heterocycles. The fourth-order valence-electron chi connectivity index (χ4n) is 5.36. The summed E-state index contributed by atoms with van der Waals surface area (Å²) >= 11 is 0. The lowest BCUT2D eigenvalue weighted by Crippen LogP contribution is -2.56. The third-order valence-electron chi connectivity index (χ3n) is 7.14. The molecule has 204 valence electrons. The van der Waals surface area contributed by atoms with E-state index in [0.29, 0.717) is 6.42 Å². The predicted molar refractivity (Wildman–Crippen MR) is 134 cm³/mol. The third kappa shape index (κ3) is 9.26. The number of rotatable bonds is 16. The van der Waals surface area contributed by atoms with Crippen molar-refractivity contribution in [3.8, 4) is 0 Å². The van der Waals surface area contributed by atoms with Crippen molar-refractivity contribution in [3.63, 3.8) is 0 Å². The van der Waals surface area contributed by atoms with Crippen molar-refractivity contribution in [1.82, 2.24) is 0 Å². The summed E-state index contributed by atoms with van der Waals surface area (Å²) in [6.07, 6.45) is 15.1. The second-order valence-corrected chi connectivity index (χ2v) is 11.4. The first-order valence-corrected chi connectivity index (χ1v) is 14.2. The molecule has 3 rings (SSSR count). The summed E-state index contributed by atoms with van der Waals surface area (Å²) in [4.78, 5) is 12.3. The normalized spacial score (nSPS) is 30.7. The van der Waals surface area contributed by atoms with Gasteiger partial charge in [-0.15, -0.1) is 0 Å². The van der Waals surface area contributed by atoms with E-state index >= 15 is 0 Å². The van der Waals surface area contributed by atoms with E-state index in [4.69, 9.17) is 28.4 Å². The molecular weight excluding hydrogens is 448 g/mol. The van der Waals surface area contributed by atoms with Crippen LogP contribution in [0.4, 0.5) is 0 Å². The molecule has 3 fully saturated rings. The molecule has 0 radical (unpaired) electrons.